The minimum Gasteiger partial charge on any atom is -0.337 e. The Balaban J connectivity index is 1.38. The molecule has 0 aromatic heterocycles. The van der Waals surface area contributed by atoms with Gasteiger partial charge in [-0.2, -0.15) is 0 Å². The normalized spacial score (nSPS) is 14.5. The number of imide groups is 1. The Labute approximate surface area is 183 Å². The van der Waals surface area contributed by atoms with Gasteiger partial charge in [-0.15, -0.1) is 0 Å². The molecular weight excluding hydrogens is 392 g/mol. The Kier molecular flexibility index (Phi) is 8.18. The predicted molar refractivity (Wildman–Crippen MR) is 120 cm³/mol. The van der Waals surface area contributed by atoms with E-state index < -0.39 is 6.03 Å². The van der Waals surface area contributed by atoms with Crippen LogP contribution in [0.25, 0.3) is 0 Å². The highest BCUT2D eigenvalue weighted by Crippen LogP contribution is 2.11. The van der Waals surface area contributed by atoms with Crippen molar-refractivity contribution >= 4 is 17.8 Å². The van der Waals surface area contributed by atoms with Crippen molar-refractivity contribution in [3.63, 3.8) is 0 Å². The van der Waals surface area contributed by atoms with E-state index in [4.69, 9.17) is 0 Å². The lowest BCUT2D eigenvalue weighted by Crippen LogP contribution is -2.41. The Bertz CT molecular complexity index is 901. The second-order valence-electron chi connectivity index (χ2n) is 7.82. The standard InChI is InChI=1S/C24H30N4O3/c1-19-7-5-10-21(17-19)23(30)28-13-6-12-27(15-16-28)14-11-22(29)26-24(31)25-18-20-8-3-2-4-9-20/h2-5,7-10,17H,6,11-16,18H2,1H3,(H2,25,26,29,31). The van der Waals surface area contributed by atoms with Crippen molar-refractivity contribution in [1.82, 2.24) is 20.4 Å². The smallest absolute Gasteiger partial charge is 0.321 e. The van der Waals surface area contributed by atoms with Gasteiger partial charge in [0.25, 0.3) is 5.91 Å². The van der Waals surface area contributed by atoms with E-state index in [1.165, 1.54) is 0 Å². The first-order chi connectivity index (χ1) is 15.0. The molecule has 164 valence electrons. The number of carbonyl (C=O) groups excluding carboxylic acids is 3. The van der Waals surface area contributed by atoms with E-state index in [2.05, 4.69) is 15.5 Å². The number of aryl methyl sites for hydroxylation is 1. The number of nitrogens with one attached hydrogen (secondary N) is 2. The summed E-state index contributed by atoms with van der Waals surface area (Å²) in [7, 11) is 0. The van der Waals surface area contributed by atoms with Crippen LogP contribution >= 0.6 is 0 Å². The molecule has 2 N–H and O–H groups in total. The molecule has 1 heterocycles. The van der Waals surface area contributed by atoms with Gasteiger partial charge in [0.15, 0.2) is 0 Å². The molecule has 7 heteroatoms. The number of hydrogen-bond acceptors (Lipinski definition) is 4. The van der Waals surface area contributed by atoms with Crippen LogP contribution in [-0.4, -0.2) is 60.4 Å². The van der Waals surface area contributed by atoms with Crippen molar-refractivity contribution in [2.24, 2.45) is 0 Å². The van der Waals surface area contributed by atoms with Gasteiger partial charge < -0.3 is 15.1 Å². The molecule has 31 heavy (non-hydrogen) atoms. The van der Waals surface area contributed by atoms with Gasteiger partial charge in [0.05, 0.1) is 0 Å². The van der Waals surface area contributed by atoms with Crippen LogP contribution in [0, 0.1) is 6.92 Å². The molecule has 1 fully saturated rings. The molecule has 3 rings (SSSR count). The fourth-order valence-corrected chi connectivity index (χ4v) is 3.63. The molecule has 0 atom stereocenters. The highest BCUT2D eigenvalue weighted by molar-refractivity contribution is 5.95. The molecule has 1 saturated heterocycles. The molecule has 2 aromatic rings. The van der Waals surface area contributed by atoms with Crippen LogP contribution in [0.3, 0.4) is 0 Å². The van der Waals surface area contributed by atoms with E-state index in [9.17, 15) is 14.4 Å². The molecular formula is C24H30N4O3. The highest BCUT2D eigenvalue weighted by atomic mass is 16.2. The third-order valence-electron chi connectivity index (χ3n) is 5.34. The number of rotatable bonds is 6. The summed E-state index contributed by atoms with van der Waals surface area (Å²) in [6.07, 6.45) is 1.10. The van der Waals surface area contributed by atoms with Crippen LogP contribution in [0.15, 0.2) is 54.6 Å². The number of benzene rings is 2. The lowest BCUT2D eigenvalue weighted by molar-refractivity contribution is -0.120. The van der Waals surface area contributed by atoms with Gasteiger partial charge >= 0.3 is 6.03 Å². The number of nitrogens with zero attached hydrogens (tertiary/aromatic N) is 2. The topological polar surface area (TPSA) is 81.8 Å². The van der Waals surface area contributed by atoms with E-state index in [0.29, 0.717) is 38.3 Å². The molecule has 0 saturated carbocycles. The summed E-state index contributed by atoms with van der Waals surface area (Å²) < 4.78 is 0. The monoisotopic (exact) mass is 422 g/mol. The van der Waals surface area contributed by atoms with Crippen molar-refractivity contribution in [2.45, 2.75) is 26.3 Å². The van der Waals surface area contributed by atoms with Crippen LogP contribution in [0.2, 0.25) is 0 Å². The minimum absolute atomic E-state index is 0.0541. The van der Waals surface area contributed by atoms with E-state index >= 15 is 0 Å². The zero-order chi connectivity index (χ0) is 22.1. The molecule has 1 aliphatic heterocycles. The number of amides is 4. The van der Waals surface area contributed by atoms with Crippen molar-refractivity contribution in [2.75, 3.05) is 32.7 Å². The van der Waals surface area contributed by atoms with Crippen LogP contribution in [0.5, 0.6) is 0 Å². The summed E-state index contributed by atoms with van der Waals surface area (Å²) in [5.41, 5.74) is 2.76. The van der Waals surface area contributed by atoms with E-state index in [1.807, 2.05) is 66.4 Å². The maximum Gasteiger partial charge on any atom is 0.321 e. The average Bonchev–Trinajstić information content (AvgIpc) is 3.02. The zero-order valence-corrected chi connectivity index (χ0v) is 18.0. The van der Waals surface area contributed by atoms with Crippen molar-refractivity contribution < 1.29 is 14.4 Å². The number of carbonyl (C=O) groups is 3. The Hall–Kier alpha value is -3.19. The Morgan fingerprint density at radius 1 is 0.935 bits per heavy atom. The van der Waals surface area contributed by atoms with Crippen LogP contribution in [-0.2, 0) is 11.3 Å². The minimum atomic E-state index is -0.486. The fraction of sp³-hybridized carbons (Fsp3) is 0.375. The summed E-state index contributed by atoms with van der Waals surface area (Å²) in [6.45, 7) is 5.79. The van der Waals surface area contributed by atoms with Gasteiger partial charge in [-0.3, -0.25) is 14.9 Å². The Morgan fingerprint density at radius 2 is 1.74 bits per heavy atom. The van der Waals surface area contributed by atoms with Gasteiger partial charge in [-0.1, -0.05) is 48.0 Å². The average molecular weight is 423 g/mol. The maximum atomic E-state index is 12.8. The molecule has 0 aliphatic carbocycles. The lowest BCUT2D eigenvalue weighted by atomic mass is 10.1. The lowest BCUT2D eigenvalue weighted by Gasteiger charge is -2.22. The molecule has 7 nitrogen and oxygen atoms in total. The third kappa shape index (κ3) is 7.22. The van der Waals surface area contributed by atoms with Gasteiger partial charge in [0.2, 0.25) is 5.91 Å². The first-order valence-electron chi connectivity index (χ1n) is 10.7. The summed E-state index contributed by atoms with van der Waals surface area (Å²) in [6, 6.07) is 16.7. The number of hydrogen-bond donors (Lipinski definition) is 2. The molecule has 0 bridgehead atoms. The van der Waals surface area contributed by atoms with Crippen molar-refractivity contribution in [3.05, 3.63) is 71.3 Å². The second-order valence-corrected chi connectivity index (χ2v) is 7.82. The van der Waals surface area contributed by atoms with Crippen LogP contribution in [0.1, 0.15) is 34.3 Å². The first-order valence-corrected chi connectivity index (χ1v) is 10.7. The third-order valence-corrected chi connectivity index (χ3v) is 5.34. The van der Waals surface area contributed by atoms with Crippen LogP contribution < -0.4 is 10.6 Å². The molecule has 2 aromatic carbocycles. The Morgan fingerprint density at radius 3 is 2.52 bits per heavy atom. The predicted octanol–water partition coefficient (Wildman–Crippen LogP) is 2.56. The van der Waals surface area contributed by atoms with E-state index in [0.717, 1.165) is 24.1 Å². The largest absolute Gasteiger partial charge is 0.337 e. The highest BCUT2D eigenvalue weighted by Gasteiger charge is 2.21. The van der Waals surface area contributed by atoms with Crippen LogP contribution in [0.4, 0.5) is 4.79 Å². The number of urea groups is 1. The summed E-state index contributed by atoms with van der Waals surface area (Å²) in [4.78, 5) is 40.8. The summed E-state index contributed by atoms with van der Waals surface area (Å²) in [5.74, 6) is -0.249. The van der Waals surface area contributed by atoms with Gasteiger partial charge in [-0.05, 0) is 37.6 Å². The van der Waals surface area contributed by atoms with Crippen molar-refractivity contribution in [3.8, 4) is 0 Å². The molecule has 0 radical (unpaired) electrons. The van der Waals surface area contributed by atoms with E-state index in [-0.39, 0.29) is 18.2 Å². The quantitative estimate of drug-likeness (QED) is 0.750. The molecule has 0 unspecified atom stereocenters. The second kappa shape index (κ2) is 11.3. The molecule has 0 spiro atoms. The van der Waals surface area contributed by atoms with Gasteiger partial charge in [0, 0.05) is 44.7 Å². The van der Waals surface area contributed by atoms with Gasteiger partial charge in [-0.25, -0.2) is 4.79 Å². The fourth-order valence-electron chi connectivity index (χ4n) is 3.63. The summed E-state index contributed by atoms with van der Waals surface area (Å²) >= 11 is 0. The first kappa shape index (κ1) is 22.5. The maximum absolute atomic E-state index is 12.8. The molecule has 4 amide bonds. The van der Waals surface area contributed by atoms with E-state index in [1.54, 1.807) is 0 Å². The van der Waals surface area contributed by atoms with Crippen molar-refractivity contribution in [1.29, 1.82) is 0 Å². The van der Waals surface area contributed by atoms with Gasteiger partial charge in [0.1, 0.15) is 0 Å². The zero-order valence-electron chi connectivity index (χ0n) is 18.0. The molecule has 1 aliphatic rings. The summed E-state index contributed by atoms with van der Waals surface area (Å²) in [5, 5.41) is 5.07. The SMILES string of the molecule is Cc1cccc(C(=O)N2CCCN(CCC(=O)NC(=O)NCc3ccccc3)CC2)c1.